The van der Waals surface area contributed by atoms with Crippen LogP contribution in [0.4, 0.5) is 0 Å². The molecule has 0 atom stereocenters. The lowest BCUT2D eigenvalue weighted by Crippen LogP contribution is -2.65. The van der Waals surface area contributed by atoms with Gasteiger partial charge in [0.25, 0.3) is 5.91 Å². The molecule has 120 valence electrons. The minimum Gasteiger partial charge on any atom is -0.327 e. The average Bonchev–Trinajstić information content (AvgIpc) is 2.70. The molecule has 1 heterocycles. The Bertz CT molecular complexity index is 561. The van der Waals surface area contributed by atoms with Crippen LogP contribution in [0.2, 0.25) is 0 Å². The molecule has 5 heteroatoms. The summed E-state index contributed by atoms with van der Waals surface area (Å²) < 4.78 is 0.939. The molecule has 2 aliphatic carbocycles. The summed E-state index contributed by atoms with van der Waals surface area (Å²) in [6.45, 7) is 3.79. The third kappa shape index (κ3) is 2.43. The lowest BCUT2D eigenvalue weighted by Gasteiger charge is -2.58. The molecule has 3 rings (SSSR count). The first kappa shape index (κ1) is 15.8. The summed E-state index contributed by atoms with van der Waals surface area (Å²) in [5, 5.41) is 3.10. The van der Waals surface area contributed by atoms with Gasteiger partial charge in [-0.3, -0.25) is 14.5 Å². The van der Waals surface area contributed by atoms with Crippen LogP contribution in [0.3, 0.4) is 0 Å². The predicted molar refractivity (Wildman–Crippen MR) is 88.9 cm³/mol. The summed E-state index contributed by atoms with van der Waals surface area (Å²) in [6, 6.07) is 0. The maximum absolute atomic E-state index is 12.4. The fourth-order valence-corrected chi connectivity index (χ4v) is 4.99. The molecule has 22 heavy (non-hydrogen) atoms. The number of nitrogens with zero attached hydrogens (tertiary/aromatic N) is 1. The number of rotatable bonds is 2. The van der Waals surface area contributed by atoms with Crippen LogP contribution in [0.1, 0.15) is 58.8 Å². The molecule has 3 fully saturated rings. The summed E-state index contributed by atoms with van der Waals surface area (Å²) in [5.74, 6) is -0.125. The van der Waals surface area contributed by atoms with Gasteiger partial charge in [0.15, 0.2) is 0 Å². The second kappa shape index (κ2) is 5.52. The van der Waals surface area contributed by atoms with Gasteiger partial charge in [-0.05, 0) is 61.1 Å². The Morgan fingerprint density at radius 1 is 1.23 bits per heavy atom. The van der Waals surface area contributed by atoms with Gasteiger partial charge in [0, 0.05) is 0 Å². The Labute approximate surface area is 140 Å². The highest BCUT2D eigenvalue weighted by molar-refractivity contribution is 9.11. The Morgan fingerprint density at radius 2 is 1.86 bits per heavy atom. The Morgan fingerprint density at radius 3 is 2.41 bits per heavy atom. The number of carbonyl (C=O) groups excluding carboxylic acids is 2. The fraction of sp³-hybridized carbons (Fsp3) is 0.647. The van der Waals surface area contributed by atoms with Gasteiger partial charge in [-0.2, -0.15) is 0 Å². The molecule has 0 aromatic carbocycles. The first-order valence-electron chi connectivity index (χ1n) is 8.03. The monoisotopic (exact) mass is 366 g/mol. The first-order valence-corrected chi connectivity index (χ1v) is 8.83. The maximum atomic E-state index is 12.4. The average molecular weight is 367 g/mol. The zero-order valence-electron chi connectivity index (χ0n) is 13.2. The van der Waals surface area contributed by atoms with Gasteiger partial charge in [-0.25, -0.2) is 0 Å². The smallest absolute Gasteiger partial charge is 0.270 e. The molecule has 2 saturated carbocycles. The second-order valence-electron chi connectivity index (χ2n) is 7.14. The highest BCUT2D eigenvalue weighted by Gasteiger charge is 2.62. The molecular weight excluding hydrogens is 344 g/mol. The van der Waals surface area contributed by atoms with E-state index in [9.17, 15) is 9.59 Å². The molecule has 1 N–H and O–H groups in total. The van der Waals surface area contributed by atoms with E-state index < -0.39 is 5.66 Å². The van der Waals surface area contributed by atoms with E-state index in [1.165, 1.54) is 32.1 Å². The van der Waals surface area contributed by atoms with Gasteiger partial charge in [-0.1, -0.05) is 35.2 Å². The fourth-order valence-electron chi connectivity index (χ4n) is 4.65. The van der Waals surface area contributed by atoms with E-state index in [0.717, 1.165) is 29.3 Å². The molecule has 0 bridgehead atoms. The van der Waals surface area contributed by atoms with Gasteiger partial charge < -0.3 is 5.32 Å². The van der Waals surface area contributed by atoms with E-state index in [1.807, 2.05) is 19.9 Å². The summed E-state index contributed by atoms with van der Waals surface area (Å²) in [6.07, 6.45) is 10.8. The highest BCUT2D eigenvalue weighted by atomic mass is 79.9. The Kier molecular flexibility index (Phi) is 3.96. The van der Waals surface area contributed by atoms with Crippen molar-refractivity contribution in [2.24, 2.45) is 5.41 Å². The van der Waals surface area contributed by atoms with Crippen molar-refractivity contribution in [3.8, 4) is 0 Å². The van der Waals surface area contributed by atoms with Crippen molar-refractivity contribution in [3.05, 3.63) is 21.8 Å². The standard InChI is InChI=1S/C17H23BrN2O2/c1-12(8-13(2)18)14-15(22)19-17(20(14)11-21)9-16(10-17)6-4-3-5-7-16/h8,11H,3-7,9-10H2,1-2H3,(H,19,22)/b13-8+,14-12-. The minimum atomic E-state index is -0.471. The first-order chi connectivity index (χ1) is 10.4. The van der Waals surface area contributed by atoms with E-state index in [4.69, 9.17) is 0 Å². The van der Waals surface area contributed by atoms with Crippen LogP contribution < -0.4 is 5.32 Å². The van der Waals surface area contributed by atoms with Crippen molar-refractivity contribution in [3.63, 3.8) is 0 Å². The zero-order valence-corrected chi connectivity index (χ0v) is 14.8. The largest absolute Gasteiger partial charge is 0.327 e. The number of hydrogen-bond donors (Lipinski definition) is 1. The number of halogens is 1. The summed E-state index contributed by atoms with van der Waals surface area (Å²) in [7, 11) is 0. The third-order valence-corrected chi connectivity index (χ3v) is 5.64. The quantitative estimate of drug-likeness (QED) is 0.599. The number of allylic oxidation sites excluding steroid dienone is 3. The van der Waals surface area contributed by atoms with Crippen molar-refractivity contribution in [2.45, 2.75) is 64.5 Å². The Balaban J connectivity index is 1.88. The van der Waals surface area contributed by atoms with Gasteiger partial charge in [0.2, 0.25) is 6.41 Å². The lowest BCUT2D eigenvalue weighted by atomic mass is 9.55. The van der Waals surface area contributed by atoms with Gasteiger partial charge >= 0.3 is 0 Å². The van der Waals surface area contributed by atoms with Crippen LogP contribution in [-0.4, -0.2) is 22.9 Å². The molecule has 1 saturated heterocycles. The zero-order chi connectivity index (χ0) is 16.0. The van der Waals surface area contributed by atoms with Crippen molar-refractivity contribution in [1.82, 2.24) is 10.2 Å². The van der Waals surface area contributed by atoms with E-state index in [-0.39, 0.29) is 5.91 Å². The molecule has 0 aromatic rings. The van der Waals surface area contributed by atoms with E-state index in [2.05, 4.69) is 21.2 Å². The number of hydrogen-bond acceptors (Lipinski definition) is 2. The van der Waals surface area contributed by atoms with Crippen LogP contribution in [-0.2, 0) is 9.59 Å². The topological polar surface area (TPSA) is 49.4 Å². The number of amides is 2. The molecule has 3 aliphatic rings. The van der Waals surface area contributed by atoms with Gasteiger partial charge in [0.1, 0.15) is 11.4 Å². The van der Waals surface area contributed by atoms with E-state index in [0.29, 0.717) is 11.1 Å². The Hall–Kier alpha value is -1.10. The van der Waals surface area contributed by atoms with Crippen molar-refractivity contribution in [2.75, 3.05) is 0 Å². The third-order valence-electron chi connectivity index (χ3n) is 5.41. The van der Waals surface area contributed by atoms with Crippen LogP contribution in [0.25, 0.3) is 0 Å². The van der Waals surface area contributed by atoms with Crippen molar-refractivity contribution < 1.29 is 9.59 Å². The van der Waals surface area contributed by atoms with Crippen molar-refractivity contribution in [1.29, 1.82) is 0 Å². The maximum Gasteiger partial charge on any atom is 0.270 e. The summed E-state index contributed by atoms with van der Waals surface area (Å²) in [5.41, 5.74) is 1.19. The van der Waals surface area contributed by atoms with Crippen LogP contribution in [0.5, 0.6) is 0 Å². The van der Waals surface area contributed by atoms with Gasteiger partial charge in [0.05, 0.1) is 0 Å². The van der Waals surface area contributed by atoms with Crippen LogP contribution in [0.15, 0.2) is 21.8 Å². The normalized spacial score (nSPS) is 28.6. The molecular formula is C17H23BrN2O2. The molecule has 2 spiro atoms. The van der Waals surface area contributed by atoms with Crippen LogP contribution >= 0.6 is 15.9 Å². The van der Waals surface area contributed by atoms with E-state index in [1.54, 1.807) is 4.90 Å². The predicted octanol–water partition coefficient (Wildman–Crippen LogP) is 3.59. The minimum absolute atomic E-state index is 0.125. The molecule has 2 amide bonds. The van der Waals surface area contributed by atoms with Gasteiger partial charge in [-0.15, -0.1) is 0 Å². The van der Waals surface area contributed by atoms with E-state index >= 15 is 0 Å². The molecule has 0 unspecified atom stereocenters. The highest BCUT2D eigenvalue weighted by Crippen LogP contribution is 2.59. The summed E-state index contributed by atoms with van der Waals surface area (Å²) >= 11 is 3.39. The summed E-state index contributed by atoms with van der Waals surface area (Å²) in [4.78, 5) is 25.8. The molecule has 4 nitrogen and oxygen atoms in total. The second-order valence-corrected chi connectivity index (χ2v) is 8.39. The number of carbonyl (C=O) groups is 2. The molecule has 0 radical (unpaired) electrons. The molecule has 0 aromatic heterocycles. The number of nitrogens with one attached hydrogen (secondary N) is 1. The molecule has 1 aliphatic heterocycles. The van der Waals surface area contributed by atoms with Crippen LogP contribution in [0, 0.1) is 5.41 Å². The SMILES string of the molecule is CC(/C=C(\C)Br)=C1\C(=O)NC2(CC3(CCCCC3)C2)N1C=O. The van der Waals surface area contributed by atoms with Crippen molar-refractivity contribution >= 4 is 28.2 Å². The lowest BCUT2D eigenvalue weighted by molar-refractivity contribution is -0.136.